The molecule has 49 heavy (non-hydrogen) atoms. The van der Waals surface area contributed by atoms with Gasteiger partial charge in [-0.25, -0.2) is 15.0 Å². The van der Waals surface area contributed by atoms with E-state index in [0.29, 0.717) is 11.6 Å². The first-order chi connectivity index (χ1) is 26.3. The molecule has 0 amide bonds. The van der Waals surface area contributed by atoms with Gasteiger partial charge in [-0.3, -0.25) is 0 Å². The van der Waals surface area contributed by atoms with Crippen LogP contribution in [0.25, 0.3) is 97.8 Å². The maximum absolute atomic E-state index is 8.64. The van der Waals surface area contributed by atoms with E-state index in [1.807, 2.05) is 36.4 Å². The van der Waals surface area contributed by atoms with Crippen molar-refractivity contribution < 1.29 is 6.85 Å². The van der Waals surface area contributed by atoms with Crippen molar-refractivity contribution >= 4 is 63.8 Å². The summed E-state index contributed by atoms with van der Waals surface area (Å²) < 4.78 is 44.2. The minimum absolute atomic E-state index is 0.0185. The number of fused-ring (bicyclic) bond motifs is 9. The molecular formula is C45H27N3S. The Labute approximate surface area is 293 Å². The van der Waals surface area contributed by atoms with E-state index in [4.69, 9.17) is 16.8 Å². The third-order valence-corrected chi connectivity index (χ3v) is 10.3. The van der Waals surface area contributed by atoms with Crippen LogP contribution in [0, 0.1) is 0 Å². The van der Waals surface area contributed by atoms with Gasteiger partial charge in [0.1, 0.15) is 0 Å². The summed E-state index contributed by atoms with van der Waals surface area (Å²) in [7, 11) is 0. The van der Waals surface area contributed by atoms with Crippen LogP contribution in [-0.4, -0.2) is 15.0 Å². The zero-order valence-electron chi connectivity index (χ0n) is 31.0. The van der Waals surface area contributed by atoms with Gasteiger partial charge in [0, 0.05) is 36.9 Å². The van der Waals surface area contributed by atoms with E-state index in [2.05, 4.69) is 102 Å². The van der Waals surface area contributed by atoms with Crippen LogP contribution in [0.3, 0.4) is 0 Å². The number of rotatable bonds is 4. The topological polar surface area (TPSA) is 38.7 Å². The van der Waals surface area contributed by atoms with E-state index in [9.17, 15) is 0 Å². The molecule has 0 saturated heterocycles. The summed E-state index contributed by atoms with van der Waals surface area (Å²) in [5.41, 5.74) is 3.63. The zero-order valence-corrected chi connectivity index (χ0v) is 26.8. The van der Waals surface area contributed by atoms with Gasteiger partial charge in [0.2, 0.25) is 0 Å². The van der Waals surface area contributed by atoms with E-state index in [1.165, 1.54) is 32.3 Å². The molecule has 4 heteroatoms. The number of hydrogen-bond acceptors (Lipinski definition) is 4. The quantitative estimate of drug-likeness (QED) is 0.179. The third kappa shape index (κ3) is 4.68. The fourth-order valence-electron chi connectivity index (χ4n) is 6.88. The number of aromatic nitrogens is 3. The highest BCUT2D eigenvalue weighted by Crippen LogP contribution is 2.41. The van der Waals surface area contributed by atoms with Gasteiger partial charge in [0.25, 0.3) is 0 Å². The first-order valence-electron chi connectivity index (χ1n) is 18.5. The number of thiophene rings is 1. The molecule has 0 aliphatic heterocycles. The van der Waals surface area contributed by atoms with Gasteiger partial charge in [-0.05, 0) is 79.8 Å². The lowest BCUT2D eigenvalue weighted by molar-refractivity contribution is 1.07. The van der Waals surface area contributed by atoms with Gasteiger partial charge in [0.15, 0.2) is 17.5 Å². The second-order valence-electron chi connectivity index (χ2n) is 12.0. The van der Waals surface area contributed by atoms with E-state index < -0.39 is 18.1 Å². The van der Waals surface area contributed by atoms with Crippen molar-refractivity contribution in [1.29, 1.82) is 0 Å². The Hall–Kier alpha value is -6.23. The molecule has 10 rings (SSSR count). The fourth-order valence-corrected chi connectivity index (χ4v) is 7.94. The summed E-state index contributed by atoms with van der Waals surface area (Å²) in [5.74, 6) is 0.707. The molecular weight excluding hydrogens is 615 g/mol. The molecule has 0 saturated carbocycles. The van der Waals surface area contributed by atoms with E-state index in [0.717, 1.165) is 42.4 Å². The first kappa shape index (κ1) is 23.2. The minimum atomic E-state index is -0.467. The fraction of sp³-hybridized carbons (Fsp3) is 0. The van der Waals surface area contributed by atoms with Gasteiger partial charge in [-0.1, -0.05) is 127 Å². The maximum atomic E-state index is 8.64. The van der Waals surface area contributed by atoms with E-state index >= 15 is 0 Å². The Bertz CT molecular complexity index is 3120. The summed E-state index contributed by atoms with van der Waals surface area (Å²) >= 11 is 1.72. The normalized spacial score (nSPS) is 13.1. The van der Waals surface area contributed by atoms with Crippen LogP contribution in [0.4, 0.5) is 0 Å². The molecule has 2 heterocycles. The molecule has 0 unspecified atom stereocenters. The largest absolute Gasteiger partial charge is 0.208 e. The van der Waals surface area contributed by atoms with Crippen molar-refractivity contribution in [3.8, 4) is 45.3 Å². The van der Waals surface area contributed by atoms with E-state index in [1.54, 1.807) is 11.3 Å². The van der Waals surface area contributed by atoms with Crippen LogP contribution in [0.15, 0.2) is 164 Å². The highest BCUT2D eigenvalue weighted by molar-refractivity contribution is 7.25. The highest BCUT2D eigenvalue weighted by atomic mass is 32.1. The minimum Gasteiger partial charge on any atom is -0.208 e. The molecule has 2 aromatic heterocycles. The molecule has 0 N–H and O–H groups in total. The molecule has 10 aromatic rings. The summed E-state index contributed by atoms with van der Waals surface area (Å²) in [6.45, 7) is 0. The van der Waals surface area contributed by atoms with Gasteiger partial charge >= 0.3 is 0 Å². The van der Waals surface area contributed by atoms with Crippen LogP contribution < -0.4 is 0 Å². The number of nitrogens with zero attached hydrogens (tertiary/aromatic N) is 3. The lowest BCUT2D eigenvalue weighted by atomic mass is 9.92. The van der Waals surface area contributed by atoms with Gasteiger partial charge < -0.3 is 0 Å². The van der Waals surface area contributed by atoms with Crippen molar-refractivity contribution in [2.24, 2.45) is 0 Å². The zero-order chi connectivity index (χ0) is 36.7. The van der Waals surface area contributed by atoms with Gasteiger partial charge in [-0.15, -0.1) is 11.3 Å². The third-order valence-electron chi connectivity index (χ3n) is 9.20. The molecule has 0 radical (unpaired) electrons. The average Bonchev–Trinajstić information content (AvgIpc) is 3.60. The molecule has 8 aromatic carbocycles. The summed E-state index contributed by atoms with van der Waals surface area (Å²) in [6, 6.07) is 44.0. The van der Waals surface area contributed by atoms with Crippen LogP contribution >= 0.6 is 11.3 Å². The van der Waals surface area contributed by atoms with Gasteiger partial charge in [-0.2, -0.15) is 0 Å². The lowest BCUT2D eigenvalue weighted by Gasteiger charge is -2.12. The Balaban J connectivity index is 1.14. The Kier molecular flexibility index (Phi) is 5.29. The summed E-state index contributed by atoms with van der Waals surface area (Å²) in [6.07, 6.45) is 0. The van der Waals surface area contributed by atoms with Crippen LogP contribution in [0.1, 0.15) is 6.85 Å². The van der Waals surface area contributed by atoms with Crippen molar-refractivity contribution in [3.05, 3.63) is 164 Å². The Morgan fingerprint density at radius 1 is 0.347 bits per heavy atom. The summed E-state index contributed by atoms with van der Waals surface area (Å²) in [5, 5.41) is 9.59. The Morgan fingerprint density at radius 2 is 0.796 bits per heavy atom. The highest BCUT2D eigenvalue weighted by Gasteiger charge is 2.15. The van der Waals surface area contributed by atoms with Crippen LogP contribution in [0.2, 0.25) is 0 Å². The smallest absolute Gasteiger partial charge is 0.164 e. The summed E-state index contributed by atoms with van der Waals surface area (Å²) in [4.78, 5) is 14.3. The number of hydrogen-bond donors (Lipinski definition) is 0. The second-order valence-corrected chi connectivity index (χ2v) is 13.1. The predicted octanol–water partition coefficient (Wildman–Crippen LogP) is 12.4. The van der Waals surface area contributed by atoms with Crippen molar-refractivity contribution in [1.82, 2.24) is 15.0 Å². The molecule has 0 atom stereocenters. The van der Waals surface area contributed by atoms with Crippen molar-refractivity contribution in [2.75, 3.05) is 0 Å². The standard InChI is InChI=1S/C45H27N3S/c1-3-11-28(12-4-1)43-46-44(29-13-5-2-6-14-29)48-45(47-43)32-21-24-42-40(27-32)39-26-31(20-23-41(39)49-42)30-19-22-37-35-17-8-7-15-33(35)34-16-9-10-18-36(34)38(37)25-30/h1-27H/i1D,3D,4D,11D,12D. The molecule has 0 bridgehead atoms. The van der Waals surface area contributed by atoms with Crippen LogP contribution in [-0.2, 0) is 0 Å². The second kappa shape index (κ2) is 11.2. The molecule has 3 nitrogen and oxygen atoms in total. The lowest BCUT2D eigenvalue weighted by Crippen LogP contribution is -2.00. The molecule has 0 fully saturated rings. The van der Waals surface area contributed by atoms with Crippen molar-refractivity contribution in [3.63, 3.8) is 0 Å². The predicted molar refractivity (Wildman–Crippen MR) is 207 cm³/mol. The van der Waals surface area contributed by atoms with Crippen molar-refractivity contribution in [2.45, 2.75) is 0 Å². The first-order valence-corrected chi connectivity index (χ1v) is 16.8. The molecule has 228 valence electrons. The monoisotopic (exact) mass is 646 g/mol. The molecule has 0 aliphatic rings. The van der Waals surface area contributed by atoms with Gasteiger partial charge in [0.05, 0.1) is 6.85 Å². The maximum Gasteiger partial charge on any atom is 0.164 e. The molecule has 0 aliphatic carbocycles. The number of benzene rings is 8. The van der Waals surface area contributed by atoms with E-state index in [-0.39, 0.29) is 23.5 Å². The Morgan fingerprint density at radius 3 is 1.43 bits per heavy atom. The molecule has 0 spiro atoms. The SMILES string of the molecule is [2H]c1c([2H])c([2H])c(-c2nc(-c3ccccc3)nc(-c3ccc4sc5ccc(-c6ccc7c8ccccc8c8ccccc8c7c6)cc5c4c3)n2)c([2H])c1[2H]. The average molecular weight is 647 g/mol. The van der Waals surface area contributed by atoms with Crippen LogP contribution in [0.5, 0.6) is 0 Å².